The van der Waals surface area contributed by atoms with Crippen LogP contribution in [0.2, 0.25) is 0 Å². The minimum atomic E-state index is -1.67. The number of hydrogen-bond acceptors (Lipinski definition) is 14. The fourth-order valence-corrected chi connectivity index (χ4v) is 11.6. The maximum Gasteiger partial charge on any atom is 0.412 e. The van der Waals surface area contributed by atoms with Gasteiger partial charge in [0.25, 0.3) is 0 Å². The number of carbonyl (C=O) groups is 12. The van der Waals surface area contributed by atoms with Gasteiger partial charge in [-0.15, -0.1) is 0 Å². The van der Waals surface area contributed by atoms with Crippen molar-refractivity contribution in [2.45, 2.75) is 228 Å². The molecule has 0 saturated carbocycles. The molecule has 95 heavy (non-hydrogen) atoms. The molecule has 2 unspecified atom stereocenters. The van der Waals surface area contributed by atoms with Crippen molar-refractivity contribution in [3.8, 4) is 0 Å². The van der Waals surface area contributed by atoms with Crippen LogP contribution in [0.3, 0.4) is 0 Å². The molecular formula is C69H116N12O14. The average molecular weight is 1340 g/mol. The molecule has 0 aromatic heterocycles. The summed E-state index contributed by atoms with van der Waals surface area (Å²) in [5, 5.41) is 25.7. The fourth-order valence-electron chi connectivity index (χ4n) is 11.6. The van der Waals surface area contributed by atoms with Gasteiger partial charge in [-0.1, -0.05) is 113 Å². The first-order valence-electron chi connectivity index (χ1n) is 33.4. The molecule has 26 heteroatoms. The Morgan fingerprint density at radius 3 is 1.54 bits per heavy atom. The van der Waals surface area contributed by atoms with Gasteiger partial charge < -0.3 is 65.4 Å². The number of allylic oxidation sites excluding steroid dienone is 2. The number of amides is 12. The summed E-state index contributed by atoms with van der Waals surface area (Å²) in [5.41, 5.74) is -1.10. The molecule has 6 N–H and O–H groups in total. The Morgan fingerprint density at radius 1 is 0.568 bits per heavy atom. The number of para-hydroxylation sites is 1. The Hall–Kier alpha value is -7.64. The summed E-state index contributed by atoms with van der Waals surface area (Å²) in [4.78, 5) is 184. The van der Waals surface area contributed by atoms with Gasteiger partial charge in [0.15, 0.2) is 0 Å². The SMILES string of the molecule is C/C=C/CC(C)C(O)[C@H]1C(=O)N[C@@H](CC)C(=O)N(C)CC(=O)N(C)[C@@H](CC(C)(C)OC(=O)Nc2ccccc2)C(=O)N[C@@H](C(C)C)C(=O)N(C)[C@@H](CC(C)C)C(=O)N[C@@H](C)C(=O)N[C@H](C)C(=O)N(C)[C@@H](CC(C)C)C(=O)N(C)[C@@H](CC(C)C)C(=O)N(C)[C@@H](C(C)C)C(=O)N1C. The second-order valence-corrected chi connectivity index (χ2v) is 28.3. The van der Waals surface area contributed by atoms with Gasteiger partial charge in [0.05, 0.1) is 12.6 Å². The van der Waals surface area contributed by atoms with Gasteiger partial charge in [-0.3, -0.25) is 58.1 Å². The summed E-state index contributed by atoms with van der Waals surface area (Å²) in [6.45, 7) is 28.2. The second kappa shape index (κ2) is 37.6. The Balaban J connectivity index is 3.04. The third kappa shape index (κ3) is 23.9. The average Bonchev–Trinajstić information content (AvgIpc) is 0.824. The van der Waals surface area contributed by atoms with Crippen molar-refractivity contribution in [3.05, 3.63) is 42.5 Å². The summed E-state index contributed by atoms with van der Waals surface area (Å²) < 4.78 is 5.86. The van der Waals surface area contributed by atoms with Crippen LogP contribution in [0.15, 0.2) is 42.5 Å². The third-order valence-electron chi connectivity index (χ3n) is 17.5. The molecule has 536 valence electrons. The largest absolute Gasteiger partial charge is 0.443 e. The maximum atomic E-state index is 15.2. The number of likely N-dealkylation sites (N-methyl/N-ethyl adjacent to an activating group) is 7. The fraction of sp³-hybridized carbons (Fsp3) is 0.710. The molecule has 0 bridgehead atoms. The smallest absolute Gasteiger partial charge is 0.412 e. The minimum absolute atomic E-state index is 0.0434. The zero-order chi connectivity index (χ0) is 73.0. The van der Waals surface area contributed by atoms with Crippen LogP contribution in [0.1, 0.15) is 156 Å². The van der Waals surface area contributed by atoms with Crippen molar-refractivity contribution in [1.82, 2.24) is 55.6 Å². The third-order valence-corrected chi connectivity index (χ3v) is 17.5. The standard InChI is InChI=1S/C69H116N12O14/c1-25-27-31-44(13)57(83)56-61(87)73-48(26-2)63(89)75(18)38-53(82)76(19)52(37-69(16,17)95-68(94)72-47-32-29-28-30-33-47)60(86)74-54(42(9)10)66(92)77(20)49(34-39(3)4)59(85)70-45(14)58(84)71-46(15)62(88)78(21)50(35-40(5)6)64(90)79(22)51(36-41(7)8)65(91)80(23)55(43(11)12)67(93)81(56)24/h25,27-30,32-33,39-46,48-52,54-57,83H,26,31,34-38H2,1-24H3,(H,70,85)(H,71,84)(H,72,94)(H,73,87)(H,74,86)/b27-25+/t44?,45-,46+,48-,49-,50-,51-,52-,54-,55-,56-,57?/m0/s1. The lowest BCUT2D eigenvalue weighted by atomic mass is 9.91. The van der Waals surface area contributed by atoms with Gasteiger partial charge in [0, 0.05) is 61.4 Å². The molecule has 12 atom stereocenters. The van der Waals surface area contributed by atoms with E-state index in [-0.39, 0.29) is 56.3 Å². The minimum Gasteiger partial charge on any atom is -0.443 e. The van der Waals surface area contributed by atoms with E-state index in [1.54, 1.807) is 91.0 Å². The highest BCUT2D eigenvalue weighted by atomic mass is 16.6. The summed E-state index contributed by atoms with van der Waals surface area (Å²) in [6.07, 6.45) is 1.35. The van der Waals surface area contributed by atoms with Crippen LogP contribution in [-0.2, 0) is 57.5 Å². The van der Waals surface area contributed by atoms with E-state index in [1.165, 1.54) is 96.6 Å². The lowest BCUT2D eigenvalue weighted by Gasteiger charge is -2.41. The summed E-state index contributed by atoms with van der Waals surface area (Å²) in [5.74, 6) is -10.7. The van der Waals surface area contributed by atoms with E-state index in [4.69, 9.17) is 4.74 Å². The van der Waals surface area contributed by atoms with Crippen molar-refractivity contribution in [2.75, 3.05) is 61.2 Å². The molecule has 1 aliphatic rings. The van der Waals surface area contributed by atoms with Crippen molar-refractivity contribution in [3.63, 3.8) is 0 Å². The number of aliphatic hydroxyl groups is 1. The van der Waals surface area contributed by atoms with E-state index in [9.17, 15) is 43.5 Å². The molecule has 0 radical (unpaired) electrons. The molecule has 0 spiro atoms. The van der Waals surface area contributed by atoms with E-state index >= 15 is 19.2 Å². The monoisotopic (exact) mass is 1340 g/mol. The van der Waals surface area contributed by atoms with Crippen LogP contribution in [0.4, 0.5) is 10.5 Å². The van der Waals surface area contributed by atoms with Gasteiger partial charge in [-0.2, -0.15) is 0 Å². The molecule has 1 aliphatic heterocycles. The molecule has 2 rings (SSSR count). The number of hydrogen-bond donors (Lipinski definition) is 6. The Morgan fingerprint density at radius 2 is 1.04 bits per heavy atom. The number of nitrogens with zero attached hydrogens (tertiary/aromatic N) is 7. The lowest BCUT2D eigenvalue weighted by Crippen LogP contribution is -2.63. The number of anilines is 1. The Labute approximate surface area is 565 Å². The first-order chi connectivity index (χ1) is 44.0. The number of carbonyl (C=O) groups excluding carboxylic acids is 12. The van der Waals surface area contributed by atoms with Crippen LogP contribution in [-0.4, -0.2) is 238 Å². The normalized spacial score (nSPS) is 25.3. The highest BCUT2D eigenvalue weighted by Gasteiger charge is 2.46. The van der Waals surface area contributed by atoms with Gasteiger partial charge >= 0.3 is 6.09 Å². The topological polar surface area (TPSA) is 317 Å². The number of aliphatic hydroxyl groups excluding tert-OH is 1. The van der Waals surface area contributed by atoms with Crippen molar-refractivity contribution < 1.29 is 67.4 Å². The van der Waals surface area contributed by atoms with Gasteiger partial charge in [0.2, 0.25) is 65.0 Å². The number of benzene rings is 1. The van der Waals surface area contributed by atoms with Crippen LogP contribution in [0.5, 0.6) is 0 Å². The van der Waals surface area contributed by atoms with Crippen LogP contribution in [0.25, 0.3) is 0 Å². The molecule has 1 aromatic rings. The van der Waals surface area contributed by atoms with Crippen LogP contribution >= 0.6 is 0 Å². The second-order valence-electron chi connectivity index (χ2n) is 28.3. The summed E-state index contributed by atoms with van der Waals surface area (Å²) in [7, 11) is 9.63. The molecule has 1 heterocycles. The number of rotatable bonds is 17. The molecule has 1 saturated heterocycles. The first kappa shape index (κ1) is 83.5. The van der Waals surface area contributed by atoms with Crippen molar-refractivity contribution >= 4 is 76.8 Å². The highest BCUT2D eigenvalue weighted by molar-refractivity contribution is 6.00. The van der Waals surface area contributed by atoms with Gasteiger partial charge in [-0.05, 0) is 114 Å². The maximum absolute atomic E-state index is 15.2. The van der Waals surface area contributed by atoms with Crippen molar-refractivity contribution in [1.29, 1.82) is 0 Å². The molecule has 26 nitrogen and oxygen atoms in total. The summed E-state index contributed by atoms with van der Waals surface area (Å²) in [6, 6.07) is -4.85. The summed E-state index contributed by atoms with van der Waals surface area (Å²) >= 11 is 0. The van der Waals surface area contributed by atoms with E-state index in [1.807, 2.05) is 41.5 Å². The molecule has 1 aromatic carbocycles. The quantitative estimate of drug-likeness (QED) is 0.116. The zero-order valence-corrected chi connectivity index (χ0v) is 61.2. The van der Waals surface area contributed by atoms with Crippen LogP contribution < -0.4 is 26.6 Å². The molecule has 12 amide bonds. The van der Waals surface area contributed by atoms with Gasteiger partial charge in [0.1, 0.15) is 66.0 Å². The number of ether oxygens (including phenoxy) is 1. The predicted molar refractivity (Wildman–Crippen MR) is 364 cm³/mol. The van der Waals surface area contributed by atoms with Gasteiger partial charge in [-0.25, -0.2) is 4.79 Å². The molecular weight excluding hydrogens is 1220 g/mol. The molecule has 0 aliphatic carbocycles. The number of nitrogens with one attached hydrogen (secondary N) is 5. The van der Waals surface area contributed by atoms with E-state index in [0.29, 0.717) is 5.69 Å². The predicted octanol–water partition coefficient (Wildman–Crippen LogP) is 4.64. The zero-order valence-electron chi connectivity index (χ0n) is 61.2. The van der Waals surface area contributed by atoms with E-state index in [0.717, 1.165) is 14.7 Å². The molecule has 1 fully saturated rings. The van der Waals surface area contributed by atoms with E-state index in [2.05, 4.69) is 26.6 Å². The van der Waals surface area contributed by atoms with E-state index < -0.39 is 167 Å². The highest BCUT2D eigenvalue weighted by Crippen LogP contribution is 2.27. The van der Waals surface area contributed by atoms with Crippen LogP contribution in [0, 0.1) is 35.5 Å². The Kier molecular flexibility index (Phi) is 33.0. The lowest BCUT2D eigenvalue weighted by molar-refractivity contribution is -0.157. The first-order valence-corrected chi connectivity index (χ1v) is 33.4. The van der Waals surface area contributed by atoms with Crippen molar-refractivity contribution in [2.24, 2.45) is 35.5 Å². The Bertz CT molecular complexity index is 2830.